The predicted octanol–water partition coefficient (Wildman–Crippen LogP) is 4.00. The third-order valence-electron chi connectivity index (χ3n) is 3.12. The van der Waals surface area contributed by atoms with E-state index < -0.39 is 4.92 Å². The van der Waals surface area contributed by atoms with Gasteiger partial charge in [-0.1, -0.05) is 13.0 Å². The van der Waals surface area contributed by atoms with Crippen molar-refractivity contribution in [2.24, 2.45) is 0 Å². The number of nitrogens with zero attached hydrogens (tertiary/aromatic N) is 1. The molecule has 0 aromatic heterocycles. The number of rotatable bonds is 5. The summed E-state index contributed by atoms with van der Waals surface area (Å²) in [6.07, 6.45) is 0.412. The molecule has 2 rings (SSSR count). The first-order valence-electron chi connectivity index (χ1n) is 6.91. The molecule has 6 heteroatoms. The minimum absolute atomic E-state index is 0.0309. The molecular formula is C16H17N3O3. The van der Waals surface area contributed by atoms with Crippen molar-refractivity contribution in [2.75, 3.05) is 10.6 Å². The predicted molar refractivity (Wildman–Crippen MR) is 86.5 cm³/mol. The summed E-state index contributed by atoms with van der Waals surface area (Å²) in [4.78, 5) is 22.0. The number of amides is 1. The number of carbonyl (C=O) groups is 1. The van der Waals surface area contributed by atoms with Gasteiger partial charge in [0.25, 0.3) is 5.69 Å². The third kappa shape index (κ3) is 3.82. The van der Waals surface area contributed by atoms with E-state index in [0.717, 1.165) is 5.56 Å². The fraction of sp³-hybridized carbons (Fsp3) is 0.188. The fourth-order valence-electron chi connectivity index (χ4n) is 1.94. The lowest BCUT2D eigenvalue weighted by Gasteiger charge is -2.09. The Labute approximate surface area is 128 Å². The summed E-state index contributed by atoms with van der Waals surface area (Å²) in [5.41, 5.74) is 2.69. The highest BCUT2D eigenvalue weighted by Crippen LogP contribution is 2.28. The van der Waals surface area contributed by atoms with E-state index in [-0.39, 0.29) is 11.6 Å². The molecule has 0 spiro atoms. The highest BCUT2D eigenvalue weighted by Gasteiger charge is 2.13. The lowest BCUT2D eigenvalue weighted by molar-refractivity contribution is -0.384. The first-order valence-corrected chi connectivity index (χ1v) is 6.91. The molecule has 2 aromatic rings. The van der Waals surface area contributed by atoms with Crippen LogP contribution in [0.15, 0.2) is 42.5 Å². The van der Waals surface area contributed by atoms with Gasteiger partial charge in [0.2, 0.25) is 5.91 Å². The van der Waals surface area contributed by atoms with Crippen molar-refractivity contribution in [3.63, 3.8) is 0 Å². The van der Waals surface area contributed by atoms with Gasteiger partial charge in [0.1, 0.15) is 5.69 Å². The Morgan fingerprint density at radius 3 is 2.36 bits per heavy atom. The molecule has 0 aliphatic heterocycles. The number of anilines is 3. The van der Waals surface area contributed by atoms with Crippen LogP contribution in [-0.2, 0) is 4.79 Å². The zero-order valence-corrected chi connectivity index (χ0v) is 12.4. The first kappa shape index (κ1) is 15.5. The van der Waals surface area contributed by atoms with Gasteiger partial charge < -0.3 is 10.6 Å². The molecule has 0 bridgehead atoms. The maximum absolute atomic E-state index is 11.3. The second-order valence-electron chi connectivity index (χ2n) is 4.88. The van der Waals surface area contributed by atoms with Gasteiger partial charge >= 0.3 is 0 Å². The summed E-state index contributed by atoms with van der Waals surface area (Å²) in [7, 11) is 0. The van der Waals surface area contributed by atoms with Crippen molar-refractivity contribution in [1.82, 2.24) is 0 Å². The van der Waals surface area contributed by atoms with Gasteiger partial charge in [-0.25, -0.2) is 0 Å². The summed E-state index contributed by atoms with van der Waals surface area (Å²) in [6, 6.07) is 12.0. The summed E-state index contributed by atoms with van der Waals surface area (Å²) in [6.45, 7) is 3.59. The van der Waals surface area contributed by atoms with Gasteiger partial charge in [-0.15, -0.1) is 0 Å². The number of nitro benzene ring substituents is 1. The van der Waals surface area contributed by atoms with Gasteiger partial charge in [0, 0.05) is 23.9 Å². The molecule has 22 heavy (non-hydrogen) atoms. The number of aryl methyl sites for hydroxylation is 1. The van der Waals surface area contributed by atoms with Crippen LogP contribution in [0.1, 0.15) is 18.9 Å². The van der Waals surface area contributed by atoms with E-state index in [1.165, 1.54) is 6.07 Å². The van der Waals surface area contributed by atoms with Crippen molar-refractivity contribution in [3.8, 4) is 0 Å². The molecule has 6 nitrogen and oxygen atoms in total. The molecule has 1 amide bonds. The Bertz CT molecular complexity index is 696. The van der Waals surface area contributed by atoms with Gasteiger partial charge in [0.15, 0.2) is 0 Å². The Morgan fingerprint density at radius 2 is 1.77 bits per heavy atom. The number of hydrogen-bond donors (Lipinski definition) is 2. The maximum Gasteiger partial charge on any atom is 0.292 e. The number of nitro groups is 1. The fourth-order valence-corrected chi connectivity index (χ4v) is 1.94. The Morgan fingerprint density at radius 1 is 1.14 bits per heavy atom. The number of carbonyl (C=O) groups excluding carboxylic acids is 1. The Balaban J connectivity index is 2.18. The quantitative estimate of drug-likeness (QED) is 0.645. The minimum Gasteiger partial charge on any atom is -0.350 e. The minimum atomic E-state index is -0.412. The topological polar surface area (TPSA) is 84.3 Å². The SMILES string of the molecule is CCC(=O)Nc1ccc(Nc2ccc(C)cc2[N+](=O)[O-])cc1. The van der Waals surface area contributed by atoms with Crippen molar-refractivity contribution >= 4 is 28.7 Å². The number of benzene rings is 2. The normalized spacial score (nSPS) is 10.1. The Hall–Kier alpha value is -2.89. The molecule has 2 aromatic carbocycles. The standard InChI is InChI=1S/C16H17N3O3/c1-3-16(20)18-13-7-5-12(6-8-13)17-14-9-4-11(2)10-15(14)19(21)22/h4-10,17H,3H2,1-2H3,(H,18,20). The van der Waals surface area contributed by atoms with E-state index in [2.05, 4.69) is 10.6 Å². The van der Waals surface area contributed by atoms with E-state index in [9.17, 15) is 14.9 Å². The van der Waals surface area contributed by atoms with Gasteiger partial charge in [-0.05, 0) is 42.8 Å². The average molecular weight is 299 g/mol. The molecule has 0 heterocycles. The van der Waals surface area contributed by atoms with Crippen LogP contribution in [0.25, 0.3) is 0 Å². The molecule has 0 fully saturated rings. The smallest absolute Gasteiger partial charge is 0.292 e. The number of nitrogens with one attached hydrogen (secondary N) is 2. The summed E-state index contributed by atoms with van der Waals surface area (Å²) in [5.74, 6) is -0.0603. The lowest BCUT2D eigenvalue weighted by Crippen LogP contribution is -2.09. The van der Waals surface area contributed by atoms with Crippen molar-refractivity contribution in [3.05, 3.63) is 58.1 Å². The molecule has 0 unspecified atom stereocenters. The lowest BCUT2D eigenvalue weighted by atomic mass is 10.2. The van der Waals surface area contributed by atoms with E-state index in [1.54, 1.807) is 37.3 Å². The zero-order valence-electron chi connectivity index (χ0n) is 12.4. The monoisotopic (exact) mass is 299 g/mol. The van der Waals surface area contributed by atoms with Gasteiger partial charge in [0.05, 0.1) is 4.92 Å². The van der Waals surface area contributed by atoms with Crippen LogP contribution in [0.3, 0.4) is 0 Å². The van der Waals surface area contributed by atoms with Crippen LogP contribution in [0.4, 0.5) is 22.7 Å². The molecule has 0 saturated heterocycles. The average Bonchev–Trinajstić information content (AvgIpc) is 2.50. The molecule has 2 N–H and O–H groups in total. The van der Waals surface area contributed by atoms with Crippen LogP contribution in [0, 0.1) is 17.0 Å². The van der Waals surface area contributed by atoms with Crippen molar-refractivity contribution < 1.29 is 9.72 Å². The van der Waals surface area contributed by atoms with E-state index in [4.69, 9.17) is 0 Å². The van der Waals surface area contributed by atoms with E-state index in [1.807, 2.05) is 13.0 Å². The van der Waals surface area contributed by atoms with E-state index in [0.29, 0.717) is 23.5 Å². The van der Waals surface area contributed by atoms with Gasteiger partial charge in [-0.3, -0.25) is 14.9 Å². The Kier molecular flexibility index (Phi) is 4.73. The molecule has 0 aliphatic rings. The van der Waals surface area contributed by atoms with Crippen molar-refractivity contribution in [2.45, 2.75) is 20.3 Å². The molecule has 0 radical (unpaired) electrons. The largest absolute Gasteiger partial charge is 0.350 e. The van der Waals surface area contributed by atoms with Crippen molar-refractivity contribution in [1.29, 1.82) is 0 Å². The highest BCUT2D eigenvalue weighted by molar-refractivity contribution is 5.90. The second-order valence-corrected chi connectivity index (χ2v) is 4.88. The van der Waals surface area contributed by atoms with Crippen LogP contribution in [0.2, 0.25) is 0 Å². The molecule has 0 saturated carbocycles. The molecule has 0 atom stereocenters. The molecule has 114 valence electrons. The van der Waals surface area contributed by atoms with E-state index >= 15 is 0 Å². The van der Waals surface area contributed by atoms with Crippen LogP contribution < -0.4 is 10.6 Å². The van der Waals surface area contributed by atoms with Gasteiger partial charge in [-0.2, -0.15) is 0 Å². The summed E-state index contributed by atoms with van der Waals surface area (Å²) in [5, 5.41) is 16.9. The third-order valence-corrected chi connectivity index (χ3v) is 3.12. The summed E-state index contributed by atoms with van der Waals surface area (Å²) >= 11 is 0. The number of hydrogen-bond acceptors (Lipinski definition) is 4. The molecule has 0 aliphatic carbocycles. The maximum atomic E-state index is 11.3. The zero-order chi connectivity index (χ0) is 16.1. The highest BCUT2D eigenvalue weighted by atomic mass is 16.6. The van der Waals surface area contributed by atoms with Crippen LogP contribution >= 0.6 is 0 Å². The summed E-state index contributed by atoms with van der Waals surface area (Å²) < 4.78 is 0. The molecular weight excluding hydrogens is 282 g/mol. The second kappa shape index (κ2) is 6.71. The van der Waals surface area contributed by atoms with Crippen LogP contribution in [0.5, 0.6) is 0 Å². The first-order chi connectivity index (χ1) is 10.5. The van der Waals surface area contributed by atoms with Crippen LogP contribution in [-0.4, -0.2) is 10.8 Å².